The summed E-state index contributed by atoms with van der Waals surface area (Å²) in [5.74, 6) is 0.110. The molecule has 0 aliphatic carbocycles. The summed E-state index contributed by atoms with van der Waals surface area (Å²) in [5.41, 5.74) is 6.54. The van der Waals surface area contributed by atoms with E-state index in [0.717, 1.165) is 0 Å². The Morgan fingerprint density at radius 2 is 2.25 bits per heavy atom. The first kappa shape index (κ1) is 11.1. The van der Waals surface area contributed by atoms with Crippen LogP contribution in [0.3, 0.4) is 0 Å². The topological polar surface area (TPSA) is 46.3 Å². The van der Waals surface area contributed by atoms with Crippen molar-refractivity contribution >= 4 is 5.91 Å². The molecule has 2 N–H and O–H groups in total. The SMILES string of the molecule is Cc1cc(C(=O)N2CC(CN)C2)ccc1F. The lowest BCUT2D eigenvalue weighted by molar-refractivity contribution is 0.0515. The zero-order valence-corrected chi connectivity index (χ0v) is 9.24. The number of amides is 1. The minimum atomic E-state index is -0.278. The highest BCUT2D eigenvalue weighted by Gasteiger charge is 2.30. The van der Waals surface area contributed by atoms with Crippen molar-refractivity contribution in [3.8, 4) is 0 Å². The van der Waals surface area contributed by atoms with E-state index in [2.05, 4.69) is 0 Å². The second kappa shape index (κ2) is 4.22. The summed E-state index contributed by atoms with van der Waals surface area (Å²) in [7, 11) is 0. The number of hydrogen-bond acceptors (Lipinski definition) is 2. The minimum Gasteiger partial charge on any atom is -0.338 e. The number of carbonyl (C=O) groups excluding carboxylic acids is 1. The molecular formula is C12H15FN2O. The summed E-state index contributed by atoms with van der Waals surface area (Å²) < 4.78 is 13.0. The Labute approximate surface area is 94.0 Å². The smallest absolute Gasteiger partial charge is 0.253 e. The van der Waals surface area contributed by atoms with Crippen molar-refractivity contribution in [3.05, 3.63) is 35.1 Å². The first-order chi connectivity index (χ1) is 7.61. The van der Waals surface area contributed by atoms with Crippen LogP contribution in [0.15, 0.2) is 18.2 Å². The summed E-state index contributed by atoms with van der Waals surface area (Å²) in [4.78, 5) is 13.7. The zero-order valence-electron chi connectivity index (χ0n) is 9.24. The highest BCUT2D eigenvalue weighted by atomic mass is 19.1. The van der Waals surface area contributed by atoms with Gasteiger partial charge in [-0.25, -0.2) is 4.39 Å². The van der Waals surface area contributed by atoms with Crippen LogP contribution in [0, 0.1) is 18.7 Å². The van der Waals surface area contributed by atoms with E-state index in [1.54, 1.807) is 17.9 Å². The first-order valence-corrected chi connectivity index (χ1v) is 5.37. The van der Waals surface area contributed by atoms with Gasteiger partial charge in [-0.3, -0.25) is 4.79 Å². The Morgan fingerprint density at radius 1 is 1.56 bits per heavy atom. The van der Waals surface area contributed by atoms with Crippen molar-refractivity contribution < 1.29 is 9.18 Å². The number of carbonyl (C=O) groups is 1. The van der Waals surface area contributed by atoms with Crippen molar-refractivity contribution in [2.75, 3.05) is 19.6 Å². The molecule has 4 heteroatoms. The molecule has 0 bridgehead atoms. The number of likely N-dealkylation sites (tertiary alicyclic amines) is 1. The lowest BCUT2D eigenvalue weighted by atomic mass is 9.99. The third-order valence-electron chi connectivity index (χ3n) is 2.98. The Bertz CT molecular complexity index is 413. The maximum Gasteiger partial charge on any atom is 0.253 e. The summed E-state index contributed by atoms with van der Waals surface area (Å²) in [5, 5.41) is 0. The van der Waals surface area contributed by atoms with Crippen LogP contribution >= 0.6 is 0 Å². The van der Waals surface area contributed by atoms with E-state index in [1.165, 1.54) is 12.1 Å². The van der Waals surface area contributed by atoms with Gasteiger partial charge in [-0.1, -0.05) is 0 Å². The van der Waals surface area contributed by atoms with Gasteiger partial charge >= 0.3 is 0 Å². The molecule has 1 fully saturated rings. The molecule has 1 saturated heterocycles. The van der Waals surface area contributed by atoms with Crippen LogP contribution in [0.1, 0.15) is 15.9 Å². The van der Waals surface area contributed by atoms with Crippen molar-refractivity contribution in [2.24, 2.45) is 11.7 Å². The van der Waals surface area contributed by atoms with Crippen LogP contribution in [-0.4, -0.2) is 30.4 Å². The van der Waals surface area contributed by atoms with Gasteiger partial charge in [-0.2, -0.15) is 0 Å². The quantitative estimate of drug-likeness (QED) is 0.816. The summed E-state index contributed by atoms with van der Waals surface area (Å²) in [6, 6.07) is 4.46. The van der Waals surface area contributed by atoms with E-state index in [0.29, 0.717) is 36.7 Å². The molecule has 1 aliphatic heterocycles. The third-order valence-corrected chi connectivity index (χ3v) is 2.98. The molecule has 1 aliphatic rings. The number of hydrogen-bond donors (Lipinski definition) is 1. The molecule has 1 aromatic carbocycles. The highest BCUT2D eigenvalue weighted by molar-refractivity contribution is 5.94. The molecule has 16 heavy (non-hydrogen) atoms. The van der Waals surface area contributed by atoms with Gasteiger partial charge in [-0.05, 0) is 37.2 Å². The number of aryl methyl sites for hydroxylation is 1. The fourth-order valence-corrected chi connectivity index (χ4v) is 1.85. The number of nitrogens with zero attached hydrogens (tertiary/aromatic N) is 1. The van der Waals surface area contributed by atoms with Crippen molar-refractivity contribution in [2.45, 2.75) is 6.92 Å². The molecule has 1 aromatic rings. The van der Waals surface area contributed by atoms with Gasteiger partial charge in [0.2, 0.25) is 0 Å². The molecule has 86 valence electrons. The second-order valence-corrected chi connectivity index (χ2v) is 4.28. The maximum absolute atomic E-state index is 13.0. The van der Waals surface area contributed by atoms with Crippen molar-refractivity contribution in [1.29, 1.82) is 0 Å². The van der Waals surface area contributed by atoms with Crippen LogP contribution in [0.4, 0.5) is 4.39 Å². The summed E-state index contributed by atoms with van der Waals surface area (Å²) in [6.45, 7) is 3.70. The standard InChI is InChI=1S/C12H15FN2O/c1-8-4-10(2-3-11(8)13)12(16)15-6-9(5-14)7-15/h2-4,9H,5-7,14H2,1H3. The van der Waals surface area contributed by atoms with E-state index < -0.39 is 0 Å². The number of halogens is 1. The van der Waals surface area contributed by atoms with Gasteiger partial charge in [0.05, 0.1) is 0 Å². The van der Waals surface area contributed by atoms with Crippen LogP contribution < -0.4 is 5.73 Å². The van der Waals surface area contributed by atoms with E-state index in [9.17, 15) is 9.18 Å². The largest absolute Gasteiger partial charge is 0.338 e. The van der Waals surface area contributed by atoms with Gasteiger partial charge in [0, 0.05) is 24.6 Å². The monoisotopic (exact) mass is 222 g/mol. The van der Waals surface area contributed by atoms with E-state index in [4.69, 9.17) is 5.73 Å². The predicted molar refractivity (Wildman–Crippen MR) is 59.6 cm³/mol. The van der Waals surface area contributed by atoms with Crippen LogP contribution in [0.2, 0.25) is 0 Å². The normalized spacial score (nSPS) is 16.1. The van der Waals surface area contributed by atoms with Crippen LogP contribution in [0.5, 0.6) is 0 Å². The van der Waals surface area contributed by atoms with Gasteiger partial charge in [0.25, 0.3) is 5.91 Å². The molecule has 0 atom stereocenters. The number of rotatable bonds is 2. The highest BCUT2D eigenvalue weighted by Crippen LogP contribution is 2.18. The fourth-order valence-electron chi connectivity index (χ4n) is 1.85. The Morgan fingerprint density at radius 3 is 2.81 bits per heavy atom. The number of benzene rings is 1. The predicted octanol–water partition coefficient (Wildman–Crippen LogP) is 1.16. The molecular weight excluding hydrogens is 207 g/mol. The second-order valence-electron chi connectivity index (χ2n) is 4.28. The van der Waals surface area contributed by atoms with Crippen LogP contribution in [0.25, 0.3) is 0 Å². The fraction of sp³-hybridized carbons (Fsp3) is 0.417. The van der Waals surface area contributed by atoms with E-state index in [1.807, 2.05) is 0 Å². The summed E-state index contributed by atoms with van der Waals surface area (Å²) in [6.07, 6.45) is 0. The molecule has 1 heterocycles. The van der Waals surface area contributed by atoms with Gasteiger partial charge in [-0.15, -0.1) is 0 Å². The molecule has 2 rings (SSSR count). The average molecular weight is 222 g/mol. The third kappa shape index (κ3) is 1.93. The molecule has 0 saturated carbocycles. The minimum absolute atomic E-state index is 0.0344. The molecule has 0 unspecified atom stereocenters. The van der Waals surface area contributed by atoms with Gasteiger partial charge < -0.3 is 10.6 Å². The lowest BCUT2D eigenvalue weighted by Crippen LogP contribution is -2.52. The summed E-state index contributed by atoms with van der Waals surface area (Å²) >= 11 is 0. The maximum atomic E-state index is 13.0. The molecule has 0 radical (unpaired) electrons. The van der Waals surface area contributed by atoms with Crippen molar-refractivity contribution in [3.63, 3.8) is 0 Å². The molecule has 1 amide bonds. The zero-order chi connectivity index (χ0) is 11.7. The molecule has 0 aromatic heterocycles. The Balaban J connectivity index is 2.07. The van der Waals surface area contributed by atoms with Crippen LogP contribution in [-0.2, 0) is 0 Å². The van der Waals surface area contributed by atoms with E-state index in [-0.39, 0.29) is 11.7 Å². The Kier molecular flexibility index (Phi) is 2.92. The molecule has 0 spiro atoms. The van der Waals surface area contributed by atoms with Gasteiger partial charge in [0.1, 0.15) is 5.82 Å². The molecule has 3 nitrogen and oxygen atoms in total. The Hall–Kier alpha value is -1.42. The van der Waals surface area contributed by atoms with E-state index >= 15 is 0 Å². The lowest BCUT2D eigenvalue weighted by Gasteiger charge is -2.38. The average Bonchev–Trinajstić information content (AvgIpc) is 2.20. The first-order valence-electron chi connectivity index (χ1n) is 5.37. The van der Waals surface area contributed by atoms with Gasteiger partial charge in [0.15, 0.2) is 0 Å². The number of nitrogens with two attached hydrogens (primary N) is 1. The van der Waals surface area contributed by atoms with Crippen molar-refractivity contribution in [1.82, 2.24) is 4.90 Å².